The number of rotatable bonds is 5. The highest BCUT2D eigenvalue weighted by Gasteiger charge is 2.19. The summed E-state index contributed by atoms with van der Waals surface area (Å²) in [5, 5.41) is 3.40. The first-order valence-electron chi connectivity index (χ1n) is 7.28. The van der Waals surface area contributed by atoms with Gasteiger partial charge in [0.25, 0.3) is 0 Å². The summed E-state index contributed by atoms with van der Waals surface area (Å²) in [6.07, 6.45) is 0.958. The molecule has 2 aromatic rings. The molecule has 0 fully saturated rings. The van der Waals surface area contributed by atoms with Crippen molar-refractivity contribution in [2.75, 3.05) is 6.54 Å². The summed E-state index contributed by atoms with van der Waals surface area (Å²) in [4.78, 5) is 0. The SMILES string of the molecule is CCCNC(c1cc(F)cc(F)c1)c1c(C)cccc1C. The van der Waals surface area contributed by atoms with Crippen LogP contribution in [0.25, 0.3) is 0 Å². The predicted molar refractivity (Wildman–Crippen MR) is 82.4 cm³/mol. The van der Waals surface area contributed by atoms with Gasteiger partial charge in [-0.25, -0.2) is 8.78 Å². The van der Waals surface area contributed by atoms with Crippen LogP contribution in [0.2, 0.25) is 0 Å². The summed E-state index contributed by atoms with van der Waals surface area (Å²) in [6.45, 7) is 6.91. The summed E-state index contributed by atoms with van der Waals surface area (Å²) in [5.74, 6) is -1.08. The van der Waals surface area contributed by atoms with Gasteiger partial charge in [0.15, 0.2) is 0 Å². The molecule has 1 unspecified atom stereocenters. The Morgan fingerprint density at radius 3 is 2.10 bits per heavy atom. The minimum atomic E-state index is -0.542. The molecule has 0 heterocycles. The van der Waals surface area contributed by atoms with Crippen molar-refractivity contribution in [3.05, 3.63) is 70.3 Å². The van der Waals surface area contributed by atoms with E-state index in [-0.39, 0.29) is 6.04 Å². The van der Waals surface area contributed by atoms with Gasteiger partial charge in [-0.05, 0) is 61.2 Å². The van der Waals surface area contributed by atoms with Crippen molar-refractivity contribution in [2.45, 2.75) is 33.2 Å². The molecule has 0 bridgehead atoms. The van der Waals surface area contributed by atoms with Crippen molar-refractivity contribution in [3.63, 3.8) is 0 Å². The zero-order chi connectivity index (χ0) is 15.4. The molecule has 0 aromatic heterocycles. The van der Waals surface area contributed by atoms with Gasteiger partial charge in [0, 0.05) is 6.07 Å². The maximum atomic E-state index is 13.6. The largest absolute Gasteiger partial charge is 0.306 e. The number of benzene rings is 2. The second-order valence-electron chi connectivity index (χ2n) is 5.40. The topological polar surface area (TPSA) is 12.0 Å². The molecule has 0 aliphatic carbocycles. The maximum Gasteiger partial charge on any atom is 0.126 e. The van der Waals surface area contributed by atoms with E-state index >= 15 is 0 Å². The highest BCUT2D eigenvalue weighted by molar-refractivity contribution is 5.42. The fourth-order valence-corrected chi connectivity index (χ4v) is 2.70. The Bertz CT molecular complexity index is 582. The molecule has 3 heteroatoms. The van der Waals surface area contributed by atoms with E-state index in [1.54, 1.807) is 0 Å². The zero-order valence-electron chi connectivity index (χ0n) is 12.7. The number of halogens is 2. The van der Waals surface area contributed by atoms with Gasteiger partial charge in [0.2, 0.25) is 0 Å². The average Bonchev–Trinajstić information content (AvgIpc) is 2.41. The van der Waals surface area contributed by atoms with E-state index in [4.69, 9.17) is 0 Å². The van der Waals surface area contributed by atoms with Crippen LogP contribution >= 0.6 is 0 Å². The molecule has 2 rings (SSSR count). The monoisotopic (exact) mass is 289 g/mol. The Morgan fingerprint density at radius 1 is 1.00 bits per heavy atom. The van der Waals surface area contributed by atoms with Crippen molar-refractivity contribution in [3.8, 4) is 0 Å². The number of hydrogen-bond acceptors (Lipinski definition) is 1. The van der Waals surface area contributed by atoms with Crippen LogP contribution in [-0.2, 0) is 0 Å². The van der Waals surface area contributed by atoms with Gasteiger partial charge >= 0.3 is 0 Å². The lowest BCUT2D eigenvalue weighted by molar-refractivity contribution is 0.556. The van der Waals surface area contributed by atoms with Gasteiger partial charge in [-0.15, -0.1) is 0 Å². The van der Waals surface area contributed by atoms with E-state index in [1.807, 2.05) is 32.0 Å². The molecule has 21 heavy (non-hydrogen) atoms. The van der Waals surface area contributed by atoms with Crippen LogP contribution < -0.4 is 5.32 Å². The molecular formula is C18H21F2N. The van der Waals surface area contributed by atoms with Gasteiger partial charge in [-0.1, -0.05) is 25.1 Å². The van der Waals surface area contributed by atoms with E-state index in [0.717, 1.165) is 35.7 Å². The third kappa shape index (κ3) is 3.67. The van der Waals surface area contributed by atoms with Gasteiger partial charge in [0.05, 0.1) is 6.04 Å². The fourth-order valence-electron chi connectivity index (χ4n) is 2.70. The Hall–Kier alpha value is -1.74. The highest BCUT2D eigenvalue weighted by Crippen LogP contribution is 2.28. The molecule has 1 N–H and O–H groups in total. The first-order valence-corrected chi connectivity index (χ1v) is 7.28. The van der Waals surface area contributed by atoms with Crippen LogP contribution in [0.4, 0.5) is 8.78 Å². The second-order valence-corrected chi connectivity index (χ2v) is 5.40. The first kappa shape index (κ1) is 15.6. The summed E-state index contributed by atoms with van der Waals surface area (Å²) in [7, 11) is 0. The predicted octanol–water partition coefficient (Wildman–Crippen LogP) is 4.67. The van der Waals surface area contributed by atoms with Crippen LogP contribution in [0.15, 0.2) is 36.4 Å². The van der Waals surface area contributed by atoms with Crippen LogP contribution in [0.5, 0.6) is 0 Å². The minimum Gasteiger partial charge on any atom is -0.306 e. The van der Waals surface area contributed by atoms with Crippen LogP contribution in [-0.4, -0.2) is 6.54 Å². The van der Waals surface area contributed by atoms with E-state index in [1.165, 1.54) is 12.1 Å². The Balaban J connectivity index is 2.52. The zero-order valence-corrected chi connectivity index (χ0v) is 12.7. The molecule has 0 radical (unpaired) electrons. The van der Waals surface area contributed by atoms with Gasteiger partial charge in [-0.2, -0.15) is 0 Å². The van der Waals surface area contributed by atoms with E-state index in [9.17, 15) is 8.78 Å². The molecule has 1 atom stereocenters. The van der Waals surface area contributed by atoms with E-state index in [0.29, 0.717) is 5.56 Å². The molecular weight excluding hydrogens is 268 g/mol. The highest BCUT2D eigenvalue weighted by atomic mass is 19.1. The van der Waals surface area contributed by atoms with Crippen molar-refractivity contribution in [1.82, 2.24) is 5.32 Å². The molecule has 0 saturated heterocycles. The maximum absolute atomic E-state index is 13.6. The Labute approximate surface area is 125 Å². The molecule has 0 amide bonds. The smallest absolute Gasteiger partial charge is 0.126 e. The van der Waals surface area contributed by atoms with Gasteiger partial charge in [0.1, 0.15) is 11.6 Å². The third-order valence-electron chi connectivity index (χ3n) is 3.65. The van der Waals surface area contributed by atoms with Crippen molar-refractivity contribution in [1.29, 1.82) is 0 Å². The summed E-state index contributed by atoms with van der Waals surface area (Å²) < 4.78 is 27.1. The molecule has 0 saturated carbocycles. The van der Waals surface area contributed by atoms with Gasteiger partial charge < -0.3 is 5.32 Å². The third-order valence-corrected chi connectivity index (χ3v) is 3.65. The second kappa shape index (κ2) is 6.81. The van der Waals surface area contributed by atoms with Crippen molar-refractivity contribution >= 4 is 0 Å². The molecule has 1 nitrogen and oxygen atoms in total. The van der Waals surface area contributed by atoms with E-state index in [2.05, 4.69) is 12.2 Å². The lowest BCUT2D eigenvalue weighted by Crippen LogP contribution is -2.25. The lowest BCUT2D eigenvalue weighted by Gasteiger charge is -2.23. The van der Waals surface area contributed by atoms with Crippen LogP contribution in [0.3, 0.4) is 0 Å². The Morgan fingerprint density at radius 2 is 1.57 bits per heavy atom. The normalized spacial score (nSPS) is 12.4. The molecule has 112 valence electrons. The fraction of sp³-hybridized carbons (Fsp3) is 0.333. The standard InChI is InChI=1S/C18H21F2N/c1-4-8-21-18(14-9-15(19)11-16(20)10-14)17-12(2)6-5-7-13(17)3/h5-7,9-11,18,21H,4,8H2,1-3H3. The number of hydrogen-bond donors (Lipinski definition) is 1. The van der Waals surface area contributed by atoms with Crippen molar-refractivity contribution < 1.29 is 8.78 Å². The van der Waals surface area contributed by atoms with Crippen molar-refractivity contribution in [2.24, 2.45) is 0 Å². The summed E-state index contributed by atoms with van der Waals surface area (Å²) in [5.41, 5.74) is 3.95. The average molecular weight is 289 g/mol. The number of nitrogens with one attached hydrogen (secondary N) is 1. The number of aryl methyl sites for hydroxylation is 2. The minimum absolute atomic E-state index is 0.198. The van der Waals surface area contributed by atoms with Crippen LogP contribution in [0.1, 0.15) is 41.6 Å². The molecule has 0 spiro atoms. The molecule has 0 aliphatic heterocycles. The molecule has 2 aromatic carbocycles. The summed E-state index contributed by atoms with van der Waals surface area (Å²) >= 11 is 0. The van der Waals surface area contributed by atoms with Gasteiger partial charge in [-0.3, -0.25) is 0 Å². The van der Waals surface area contributed by atoms with Crippen LogP contribution in [0, 0.1) is 25.5 Å². The lowest BCUT2D eigenvalue weighted by atomic mass is 9.91. The Kier molecular flexibility index (Phi) is 5.07. The quantitative estimate of drug-likeness (QED) is 0.843. The first-order chi connectivity index (χ1) is 10.0. The summed E-state index contributed by atoms with van der Waals surface area (Å²) in [6, 6.07) is 9.57. The molecule has 0 aliphatic rings. The van der Waals surface area contributed by atoms with E-state index < -0.39 is 11.6 Å².